The highest BCUT2D eigenvalue weighted by atomic mass is 32.2. The minimum atomic E-state index is -4.23. The van der Waals surface area contributed by atoms with Crippen molar-refractivity contribution < 1.29 is 13.2 Å². The minimum absolute atomic E-state index is 0.119. The van der Waals surface area contributed by atoms with Gasteiger partial charge in [-0.05, 0) is 17.2 Å². The predicted octanol–water partition coefficient (Wildman–Crippen LogP) is 2.93. The van der Waals surface area contributed by atoms with Crippen LogP contribution in [0.1, 0.15) is 18.1 Å². The monoisotopic (exact) mass is 340 g/mol. The number of allylic oxidation sites excluding steroid dienone is 1. The number of hydrogen-bond donors (Lipinski definition) is 0. The van der Waals surface area contributed by atoms with Crippen LogP contribution in [0.5, 0.6) is 0 Å². The smallest absolute Gasteiger partial charge is 0.274 e. The molecule has 0 aliphatic heterocycles. The Morgan fingerprint density at radius 2 is 1.62 bits per heavy atom. The van der Waals surface area contributed by atoms with Crippen molar-refractivity contribution >= 4 is 22.0 Å². The Bertz CT molecular complexity index is 883. The maximum Gasteiger partial charge on any atom is 0.276 e. The Labute approximate surface area is 141 Å². The largest absolute Gasteiger partial charge is 0.276 e. The van der Waals surface area contributed by atoms with Crippen molar-refractivity contribution in [2.45, 2.75) is 13.5 Å². The SMILES string of the molecule is CC(=O)N(Cc1ccccc1)S(=O)(=O)C(C#N)=Cc1ccccc1. The van der Waals surface area contributed by atoms with Crippen LogP contribution in [0.15, 0.2) is 65.6 Å². The molecule has 0 aromatic heterocycles. The third-order valence-corrected chi connectivity index (χ3v) is 5.03. The zero-order chi connectivity index (χ0) is 17.6. The van der Waals surface area contributed by atoms with Gasteiger partial charge in [-0.2, -0.15) is 5.26 Å². The second-order valence-electron chi connectivity index (χ2n) is 5.05. The topological polar surface area (TPSA) is 78.2 Å². The molecule has 0 aliphatic rings. The quantitative estimate of drug-likeness (QED) is 0.784. The zero-order valence-electron chi connectivity index (χ0n) is 13.1. The Balaban J connectivity index is 2.42. The number of amides is 1. The highest BCUT2D eigenvalue weighted by Gasteiger charge is 2.29. The first-order valence-corrected chi connectivity index (χ1v) is 8.63. The van der Waals surface area contributed by atoms with E-state index in [9.17, 15) is 18.5 Å². The predicted molar refractivity (Wildman–Crippen MR) is 91.6 cm³/mol. The van der Waals surface area contributed by atoms with Crippen molar-refractivity contribution in [3.05, 3.63) is 76.7 Å². The Morgan fingerprint density at radius 1 is 1.08 bits per heavy atom. The molecule has 0 saturated carbocycles. The normalized spacial score (nSPS) is 11.6. The number of carbonyl (C=O) groups excluding carboxylic acids is 1. The van der Waals surface area contributed by atoms with E-state index in [0.717, 1.165) is 6.92 Å². The van der Waals surface area contributed by atoms with Crippen LogP contribution in [0.4, 0.5) is 0 Å². The number of nitrogens with zero attached hydrogens (tertiary/aromatic N) is 2. The summed E-state index contributed by atoms with van der Waals surface area (Å²) in [5.74, 6) is -0.645. The van der Waals surface area contributed by atoms with Gasteiger partial charge in [0.2, 0.25) is 5.91 Å². The van der Waals surface area contributed by atoms with Crippen molar-refractivity contribution in [2.75, 3.05) is 0 Å². The van der Waals surface area contributed by atoms with E-state index in [2.05, 4.69) is 0 Å². The summed E-state index contributed by atoms with van der Waals surface area (Å²) in [6.45, 7) is 1.05. The second-order valence-corrected chi connectivity index (χ2v) is 6.88. The maximum absolute atomic E-state index is 12.7. The van der Waals surface area contributed by atoms with Crippen LogP contribution in [0, 0.1) is 11.3 Å². The fourth-order valence-corrected chi connectivity index (χ4v) is 3.39. The van der Waals surface area contributed by atoms with Crippen molar-refractivity contribution in [1.29, 1.82) is 5.26 Å². The highest BCUT2D eigenvalue weighted by Crippen LogP contribution is 2.19. The molecular formula is C18H16N2O3S. The van der Waals surface area contributed by atoms with Crippen molar-refractivity contribution in [3.8, 4) is 6.07 Å². The number of nitriles is 1. The molecule has 0 aliphatic carbocycles. The Hall–Kier alpha value is -2.91. The molecule has 0 saturated heterocycles. The van der Waals surface area contributed by atoms with Crippen LogP contribution in [0.2, 0.25) is 0 Å². The molecule has 5 nitrogen and oxygen atoms in total. The van der Waals surface area contributed by atoms with Gasteiger partial charge in [-0.25, -0.2) is 12.7 Å². The van der Waals surface area contributed by atoms with Crippen molar-refractivity contribution in [3.63, 3.8) is 0 Å². The molecule has 2 aromatic rings. The molecule has 0 fully saturated rings. The van der Waals surface area contributed by atoms with Gasteiger partial charge in [0.1, 0.15) is 6.07 Å². The molecule has 0 N–H and O–H groups in total. The fourth-order valence-electron chi connectivity index (χ4n) is 2.10. The van der Waals surface area contributed by atoms with E-state index in [0.29, 0.717) is 15.4 Å². The van der Waals surface area contributed by atoms with Gasteiger partial charge >= 0.3 is 0 Å². The molecule has 6 heteroatoms. The van der Waals surface area contributed by atoms with E-state index < -0.39 is 20.8 Å². The fraction of sp³-hybridized carbons (Fsp3) is 0.111. The van der Waals surface area contributed by atoms with E-state index in [-0.39, 0.29) is 6.54 Å². The van der Waals surface area contributed by atoms with Gasteiger partial charge in [-0.3, -0.25) is 4.79 Å². The summed E-state index contributed by atoms with van der Waals surface area (Å²) in [5, 5.41) is 9.28. The standard InChI is InChI=1S/C18H16N2O3S/c1-15(21)20(14-17-10-6-3-7-11-17)24(22,23)18(13-19)12-16-8-4-2-5-9-16/h2-12H,14H2,1H3. The number of rotatable bonds is 5. The average Bonchev–Trinajstić information content (AvgIpc) is 2.58. The van der Waals surface area contributed by atoms with Crippen LogP contribution >= 0.6 is 0 Å². The second kappa shape index (κ2) is 7.57. The van der Waals surface area contributed by atoms with Crippen LogP contribution in [-0.4, -0.2) is 18.6 Å². The summed E-state index contributed by atoms with van der Waals surface area (Å²) in [6.07, 6.45) is 1.26. The highest BCUT2D eigenvalue weighted by molar-refractivity contribution is 7.94. The number of carbonyl (C=O) groups is 1. The summed E-state index contributed by atoms with van der Waals surface area (Å²) in [5.41, 5.74) is 1.23. The number of benzene rings is 2. The van der Waals surface area contributed by atoms with Gasteiger partial charge in [0, 0.05) is 6.92 Å². The number of hydrogen-bond acceptors (Lipinski definition) is 4. The average molecular weight is 340 g/mol. The van der Waals surface area contributed by atoms with Gasteiger partial charge in [0.05, 0.1) is 6.54 Å². The molecule has 2 aromatic carbocycles. The molecule has 0 spiro atoms. The maximum atomic E-state index is 12.7. The van der Waals surface area contributed by atoms with Crippen molar-refractivity contribution in [1.82, 2.24) is 4.31 Å². The lowest BCUT2D eigenvalue weighted by atomic mass is 10.2. The van der Waals surface area contributed by atoms with E-state index in [1.165, 1.54) is 6.08 Å². The van der Waals surface area contributed by atoms with E-state index in [4.69, 9.17) is 0 Å². The van der Waals surface area contributed by atoms with Crippen LogP contribution < -0.4 is 0 Å². The van der Waals surface area contributed by atoms with Crippen molar-refractivity contribution in [2.24, 2.45) is 0 Å². The molecule has 24 heavy (non-hydrogen) atoms. The molecule has 122 valence electrons. The summed E-state index contributed by atoms with van der Waals surface area (Å²) in [4.78, 5) is 11.4. The summed E-state index contributed by atoms with van der Waals surface area (Å²) in [7, 11) is -4.23. The van der Waals surface area contributed by atoms with E-state index in [1.807, 2.05) is 0 Å². The summed E-state index contributed by atoms with van der Waals surface area (Å²) >= 11 is 0. The first-order valence-electron chi connectivity index (χ1n) is 7.19. The molecule has 1 amide bonds. The Kier molecular flexibility index (Phi) is 5.51. The summed E-state index contributed by atoms with van der Waals surface area (Å²) in [6, 6.07) is 19.1. The number of sulfonamides is 1. The Morgan fingerprint density at radius 3 is 2.12 bits per heavy atom. The van der Waals surface area contributed by atoms with Crippen LogP contribution in [0.25, 0.3) is 6.08 Å². The molecule has 0 heterocycles. The van der Waals surface area contributed by atoms with Gasteiger partial charge in [-0.15, -0.1) is 0 Å². The molecular weight excluding hydrogens is 324 g/mol. The third kappa shape index (κ3) is 4.09. The van der Waals surface area contributed by atoms with Gasteiger partial charge in [0.25, 0.3) is 10.0 Å². The molecule has 2 rings (SSSR count). The lowest BCUT2D eigenvalue weighted by Gasteiger charge is -2.20. The lowest BCUT2D eigenvalue weighted by Crippen LogP contribution is -2.35. The lowest BCUT2D eigenvalue weighted by molar-refractivity contribution is -0.124. The van der Waals surface area contributed by atoms with Gasteiger partial charge < -0.3 is 0 Å². The summed E-state index contributed by atoms with van der Waals surface area (Å²) < 4.78 is 26.2. The van der Waals surface area contributed by atoms with Crippen LogP contribution in [0.3, 0.4) is 0 Å². The molecule has 0 unspecified atom stereocenters. The molecule has 0 atom stereocenters. The first-order chi connectivity index (χ1) is 11.4. The molecule has 0 bridgehead atoms. The van der Waals surface area contributed by atoms with Gasteiger partial charge in [0.15, 0.2) is 4.91 Å². The van der Waals surface area contributed by atoms with Gasteiger partial charge in [-0.1, -0.05) is 60.7 Å². The van der Waals surface area contributed by atoms with E-state index in [1.54, 1.807) is 66.7 Å². The minimum Gasteiger partial charge on any atom is -0.274 e. The third-order valence-electron chi connectivity index (χ3n) is 3.30. The molecule has 0 radical (unpaired) electrons. The zero-order valence-corrected chi connectivity index (χ0v) is 13.9. The first kappa shape index (κ1) is 17.4. The van der Waals surface area contributed by atoms with Crippen LogP contribution in [-0.2, 0) is 21.4 Å². The van der Waals surface area contributed by atoms with E-state index >= 15 is 0 Å².